The van der Waals surface area contributed by atoms with Gasteiger partial charge in [0.05, 0.1) is 6.20 Å². The van der Waals surface area contributed by atoms with E-state index in [1.807, 2.05) is 18.2 Å². The maximum Gasteiger partial charge on any atom is 0.352 e. The van der Waals surface area contributed by atoms with Crippen LogP contribution in [0.3, 0.4) is 0 Å². The summed E-state index contributed by atoms with van der Waals surface area (Å²) in [6, 6.07) is 6.73. The third-order valence-electron chi connectivity index (χ3n) is 2.03. The smallest absolute Gasteiger partial charge is 0.345 e. The summed E-state index contributed by atoms with van der Waals surface area (Å²) in [7, 11) is 0. The Morgan fingerprint density at radius 1 is 1.50 bits per heavy atom. The lowest BCUT2D eigenvalue weighted by atomic mass is 10.2. The Balaban J connectivity index is 2.06. The minimum Gasteiger partial charge on any atom is -0.345 e. The van der Waals surface area contributed by atoms with Crippen molar-refractivity contribution in [3.8, 4) is 5.75 Å². The Bertz CT molecular complexity index is 429. The standard InChI is InChI=1S/C11H12N2O3/c1-8(12)11(14)16-13-7-6-9-4-2-3-5-10(9)15-13/h2-8H,12H2,1H3/t8-/m0/s1. The molecule has 5 nitrogen and oxygen atoms in total. The predicted molar refractivity (Wildman–Crippen MR) is 57.7 cm³/mol. The van der Waals surface area contributed by atoms with Crippen molar-refractivity contribution in [3.05, 3.63) is 36.0 Å². The zero-order chi connectivity index (χ0) is 11.5. The number of nitrogens with two attached hydrogens (primary N) is 1. The molecule has 0 aliphatic carbocycles. The first-order valence-electron chi connectivity index (χ1n) is 4.88. The number of carbonyl (C=O) groups excluding carboxylic acids is 1. The van der Waals surface area contributed by atoms with Crippen molar-refractivity contribution >= 4 is 12.0 Å². The maximum absolute atomic E-state index is 11.2. The van der Waals surface area contributed by atoms with E-state index >= 15 is 0 Å². The van der Waals surface area contributed by atoms with Gasteiger partial charge in [0.1, 0.15) is 6.04 Å². The van der Waals surface area contributed by atoms with E-state index in [4.69, 9.17) is 15.4 Å². The third-order valence-corrected chi connectivity index (χ3v) is 2.03. The number of para-hydroxylation sites is 1. The second kappa shape index (κ2) is 4.24. The molecule has 0 unspecified atom stereocenters. The zero-order valence-corrected chi connectivity index (χ0v) is 8.79. The van der Waals surface area contributed by atoms with Gasteiger partial charge in [-0.1, -0.05) is 18.2 Å². The first-order chi connectivity index (χ1) is 7.66. The SMILES string of the molecule is C[C@H](N)C(=O)ON1C=Cc2ccccc2O1. The van der Waals surface area contributed by atoms with E-state index in [1.54, 1.807) is 19.1 Å². The van der Waals surface area contributed by atoms with E-state index in [9.17, 15) is 4.79 Å². The molecule has 1 heterocycles. The Labute approximate surface area is 93.0 Å². The van der Waals surface area contributed by atoms with Gasteiger partial charge in [-0.25, -0.2) is 4.79 Å². The average Bonchev–Trinajstić information content (AvgIpc) is 2.28. The molecule has 5 heteroatoms. The molecule has 84 valence electrons. The minimum atomic E-state index is -0.686. The fraction of sp³-hybridized carbons (Fsp3) is 0.182. The van der Waals surface area contributed by atoms with Crippen molar-refractivity contribution in [1.29, 1.82) is 0 Å². The molecule has 0 aromatic heterocycles. The van der Waals surface area contributed by atoms with Gasteiger partial charge in [0.2, 0.25) is 0 Å². The molecule has 0 saturated carbocycles. The molecule has 0 amide bonds. The summed E-state index contributed by atoms with van der Waals surface area (Å²) >= 11 is 0. The second-order valence-electron chi connectivity index (χ2n) is 3.43. The summed E-state index contributed by atoms with van der Waals surface area (Å²) < 4.78 is 0. The monoisotopic (exact) mass is 220 g/mol. The van der Waals surface area contributed by atoms with Crippen molar-refractivity contribution in [1.82, 2.24) is 5.23 Å². The van der Waals surface area contributed by atoms with Crippen molar-refractivity contribution in [2.24, 2.45) is 5.73 Å². The average molecular weight is 220 g/mol. The molecule has 2 N–H and O–H groups in total. The van der Waals surface area contributed by atoms with Gasteiger partial charge in [0, 0.05) is 5.56 Å². The van der Waals surface area contributed by atoms with Crippen LogP contribution in [0.5, 0.6) is 5.75 Å². The number of carbonyl (C=O) groups is 1. The van der Waals surface area contributed by atoms with Crippen molar-refractivity contribution in [2.45, 2.75) is 13.0 Å². The number of nitrogens with zero attached hydrogens (tertiary/aromatic N) is 1. The molecule has 0 radical (unpaired) electrons. The molecular formula is C11H12N2O3. The second-order valence-corrected chi connectivity index (χ2v) is 3.43. The lowest BCUT2D eigenvalue weighted by molar-refractivity contribution is -0.267. The van der Waals surface area contributed by atoms with Gasteiger partial charge in [-0.2, -0.15) is 0 Å². The van der Waals surface area contributed by atoms with E-state index in [0.29, 0.717) is 5.75 Å². The van der Waals surface area contributed by atoms with E-state index in [0.717, 1.165) is 10.8 Å². The van der Waals surface area contributed by atoms with Gasteiger partial charge in [-0.3, -0.25) is 0 Å². The highest BCUT2D eigenvalue weighted by atomic mass is 17.0. The lowest BCUT2D eigenvalue weighted by Gasteiger charge is -2.23. The van der Waals surface area contributed by atoms with Gasteiger partial charge < -0.3 is 15.4 Å². The van der Waals surface area contributed by atoms with Crippen LogP contribution in [0.4, 0.5) is 0 Å². The zero-order valence-electron chi connectivity index (χ0n) is 8.79. The highest BCUT2D eigenvalue weighted by Gasteiger charge is 2.17. The summed E-state index contributed by atoms with van der Waals surface area (Å²) in [5.41, 5.74) is 6.29. The number of hydrogen-bond acceptors (Lipinski definition) is 5. The lowest BCUT2D eigenvalue weighted by Crippen LogP contribution is -2.36. The fourth-order valence-corrected chi connectivity index (χ4v) is 1.19. The summed E-state index contributed by atoms with van der Waals surface area (Å²) in [4.78, 5) is 21.4. The molecule has 1 aromatic carbocycles. The Hall–Kier alpha value is -2.01. The third kappa shape index (κ3) is 2.14. The van der Waals surface area contributed by atoms with E-state index in [2.05, 4.69) is 0 Å². The topological polar surface area (TPSA) is 64.8 Å². The molecule has 0 saturated heterocycles. The highest BCUT2D eigenvalue weighted by Crippen LogP contribution is 2.24. The van der Waals surface area contributed by atoms with Crippen LogP contribution in [-0.4, -0.2) is 17.2 Å². The summed E-state index contributed by atoms with van der Waals surface area (Å²) in [5, 5.41) is 0.994. The van der Waals surface area contributed by atoms with Gasteiger partial charge in [-0.05, 0) is 24.3 Å². The molecule has 0 fully saturated rings. The van der Waals surface area contributed by atoms with Crippen LogP contribution < -0.4 is 10.6 Å². The number of rotatable bonds is 2. The summed E-state index contributed by atoms with van der Waals surface area (Å²) in [6.07, 6.45) is 3.30. The van der Waals surface area contributed by atoms with Crippen LogP contribution in [0.25, 0.3) is 6.08 Å². The number of hydrogen-bond donors (Lipinski definition) is 1. The molecule has 1 atom stereocenters. The summed E-state index contributed by atoms with van der Waals surface area (Å²) in [6.45, 7) is 1.55. The number of fused-ring (bicyclic) bond motifs is 1. The molecule has 2 rings (SSSR count). The van der Waals surface area contributed by atoms with Crippen molar-refractivity contribution < 1.29 is 14.5 Å². The first-order valence-corrected chi connectivity index (χ1v) is 4.88. The molecule has 1 aliphatic rings. The van der Waals surface area contributed by atoms with E-state index in [-0.39, 0.29) is 0 Å². The first kappa shape index (κ1) is 10.5. The molecular weight excluding hydrogens is 208 g/mol. The van der Waals surface area contributed by atoms with Crippen molar-refractivity contribution in [3.63, 3.8) is 0 Å². The number of hydroxylamine groups is 2. The largest absolute Gasteiger partial charge is 0.352 e. The number of benzene rings is 1. The van der Waals surface area contributed by atoms with Crippen LogP contribution in [0.1, 0.15) is 12.5 Å². The van der Waals surface area contributed by atoms with Gasteiger partial charge >= 0.3 is 5.97 Å². The van der Waals surface area contributed by atoms with Crippen LogP contribution in [-0.2, 0) is 9.63 Å². The van der Waals surface area contributed by atoms with Crippen molar-refractivity contribution in [2.75, 3.05) is 0 Å². The molecule has 16 heavy (non-hydrogen) atoms. The van der Waals surface area contributed by atoms with Crippen LogP contribution in [0.2, 0.25) is 0 Å². The van der Waals surface area contributed by atoms with Crippen LogP contribution in [0.15, 0.2) is 30.5 Å². The Morgan fingerprint density at radius 2 is 2.25 bits per heavy atom. The maximum atomic E-state index is 11.2. The fourth-order valence-electron chi connectivity index (χ4n) is 1.19. The molecule has 0 spiro atoms. The quantitative estimate of drug-likeness (QED) is 0.807. The van der Waals surface area contributed by atoms with E-state index < -0.39 is 12.0 Å². The van der Waals surface area contributed by atoms with Gasteiger partial charge in [-0.15, -0.1) is 0 Å². The van der Waals surface area contributed by atoms with Gasteiger partial charge in [0.15, 0.2) is 5.75 Å². The Kier molecular flexibility index (Phi) is 2.78. The van der Waals surface area contributed by atoms with E-state index in [1.165, 1.54) is 6.20 Å². The summed E-state index contributed by atoms with van der Waals surface area (Å²) in [5.74, 6) is 0.0755. The van der Waals surface area contributed by atoms with Crippen LogP contribution >= 0.6 is 0 Å². The Morgan fingerprint density at radius 3 is 3.00 bits per heavy atom. The predicted octanol–water partition coefficient (Wildman–Crippen LogP) is 1.07. The normalized spacial score (nSPS) is 15.0. The van der Waals surface area contributed by atoms with Gasteiger partial charge in [0.25, 0.3) is 0 Å². The minimum absolute atomic E-state index is 0.552. The molecule has 0 bridgehead atoms. The molecule has 1 aliphatic heterocycles. The van der Waals surface area contributed by atoms with Crippen LogP contribution in [0, 0.1) is 0 Å². The highest BCUT2D eigenvalue weighted by molar-refractivity contribution is 5.74. The molecule has 1 aromatic rings.